The van der Waals surface area contributed by atoms with Crippen molar-refractivity contribution in [2.45, 2.75) is 6.18 Å². The molecule has 0 amide bonds. The number of carbonyl (C=O) groups is 1. The highest BCUT2D eigenvalue weighted by Crippen LogP contribution is 2.37. The van der Waals surface area contributed by atoms with E-state index in [2.05, 4.69) is 4.74 Å². The number of hydrogen-bond acceptors (Lipinski definition) is 3. The van der Waals surface area contributed by atoms with Crippen molar-refractivity contribution in [1.82, 2.24) is 0 Å². The van der Waals surface area contributed by atoms with E-state index in [9.17, 15) is 18.0 Å². The van der Waals surface area contributed by atoms with E-state index in [0.29, 0.717) is 11.3 Å². The van der Waals surface area contributed by atoms with Gasteiger partial charge in [0.15, 0.2) is 0 Å². The van der Waals surface area contributed by atoms with Crippen LogP contribution in [-0.4, -0.2) is 20.2 Å². The molecule has 6 heteroatoms. The Morgan fingerprint density at radius 1 is 1.00 bits per heavy atom. The van der Waals surface area contributed by atoms with Crippen molar-refractivity contribution in [2.75, 3.05) is 14.2 Å². The summed E-state index contributed by atoms with van der Waals surface area (Å²) in [7, 11) is 2.53. The molecule has 0 aliphatic heterocycles. The van der Waals surface area contributed by atoms with E-state index in [1.807, 2.05) is 0 Å². The minimum atomic E-state index is -4.65. The van der Waals surface area contributed by atoms with Crippen molar-refractivity contribution in [3.8, 4) is 16.9 Å². The van der Waals surface area contributed by atoms with Crippen LogP contribution in [-0.2, 0) is 10.9 Å². The summed E-state index contributed by atoms with van der Waals surface area (Å²) in [5, 5.41) is 0. The molecule has 0 aliphatic rings. The summed E-state index contributed by atoms with van der Waals surface area (Å²) in [6.07, 6.45) is -4.65. The zero-order valence-electron chi connectivity index (χ0n) is 11.9. The van der Waals surface area contributed by atoms with Gasteiger partial charge < -0.3 is 9.47 Å². The monoisotopic (exact) mass is 310 g/mol. The Morgan fingerprint density at radius 3 is 2.14 bits per heavy atom. The molecule has 2 aromatic rings. The molecule has 0 N–H and O–H groups in total. The Kier molecular flexibility index (Phi) is 4.40. The van der Waals surface area contributed by atoms with Gasteiger partial charge in [0.05, 0.1) is 25.3 Å². The zero-order valence-corrected chi connectivity index (χ0v) is 11.9. The third kappa shape index (κ3) is 3.05. The molecule has 0 unspecified atom stereocenters. The summed E-state index contributed by atoms with van der Waals surface area (Å²) in [6, 6.07) is 9.95. The third-order valence-electron chi connectivity index (χ3n) is 3.16. The third-order valence-corrected chi connectivity index (χ3v) is 3.16. The van der Waals surface area contributed by atoms with Crippen molar-refractivity contribution in [3.05, 3.63) is 53.6 Å². The number of hydrogen-bond donors (Lipinski definition) is 0. The summed E-state index contributed by atoms with van der Waals surface area (Å²) < 4.78 is 48.9. The van der Waals surface area contributed by atoms with Crippen LogP contribution in [0.3, 0.4) is 0 Å². The molecule has 3 nitrogen and oxygen atoms in total. The maximum atomic E-state index is 13.1. The summed E-state index contributed by atoms with van der Waals surface area (Å²) >= 11 is 0. The first-order valence-electron chi connectivity index (χ1n) is 6.31. The van der Waals surface area contributed by atoms with Crippen LogP contribution in [0, 0.1) is 0 Å². The predicted octanol–water partition coefficient (Wildman–Crippen LogP) is 4.17. The van der Waals surface area contributed by atoms with Gasteiger partial charge in [-0.2, -0.15) is 13.2 Å². The number of halogens is 3. The number of rotatable bonds is 3. The molecular weight excluding hydrogens is 297 g/mol. The molecule has 0 bridgehead atoms. The summed E-state index contributed by atoms with van der Waals surface area (Å²) in [6.45, 7) is 0. The molecular formula is C16H13F3O3. The molecule has 0 radical (unpaired) electrons. The van der Waals surface area contributed by atoms with Gasteiger partial charge in [-0.1, -0.05) is 24.3 Å². The molecule has 116 valence electrons. The molecule has 0 spiro atoms. The molecule has 0 atom stereocenters. The largest absolute Gasteiger partial charge is 0.497 e. The maximum absolute atomic E-state index is 13.1. The van der Waals surface area contributed by atoms with Crippen molar-refractivity contribution >= 4 is 5.97 Å². The van der Waals surface area contributed by atoms with Gasteiger partial charge in [0, 0.05) is 0 Å². The molecule has 0 fully saturated rings. The highest BCUT2D eigenvalue weighted by atomic mass is 19.4. The lowest BCUT2D eigenvalue weighted by Crippen LogP contribution is -2.15. The standard InChI is InChI=1S/C16H13F3O3/c1-21-11-8-6-10(7-9-11)12-4-3-5-13(16(17,18)19)14(12)15(20)22-2/h3-9H,1-2H3. The van der Waals surface area contributed by atoms with Gasteiger partial charge in [-0.3, -0.25) is 0 Å². The number of ether oxygens (including phenoxy) is 2. The zero-order chi connectivity index (χ0) is 16.3. The van der Waals surface area contributed by atoms with Crippen LogP contribution in [0.1, 0.15) is 15.9 Å². The van der Waals surface area contributed by atoms with Gasteiger partial charge in [0.2, 0.25) is 0 Å². The fraction of sp³-hybridized carbons (Fsp3) is 0.188. The average molecular weight is 310 g/mol. The molecule has 22 heavy (non-hydrogen) atoms. The van der Waals surface area contributed by atoms with Gasteiger partial charge in [-0.15, -0.1) is 0 Å². The van der Waals surface area contributed by atoms with Crippen LogP contribution < -0.4 is 4.74 Å². The number of esters is 1. The lowest BCUT2D eigenvalue weighted by molar-refractivity contribution is -0.138. The SMILES string of the molecule is COC(=O)c1c(-c2ccc(OC)cc2)cccc1C(F)(F)F. The van der Waals surface area contributed by atoms with Crippen LogP contribution in [0.15, 0.2) is 42.5 Å². The number of methoxy groups -OCH3 is 2. The Labute approximate surface area is 125 Å². The van der Waals surface area contributed by atoms with Gasteiger partial charge in [0.1, 0.15) is 5.75 Å². The van der Waals surface area contributed by atoms with E-state index in [1.54, 1.807) is 24.3 Å². The minimum Gasteiger partial charge on any atom is -0.497 e. The summed E-state index contributed by atoms with van der Waals surface area (Å²) in [5.41, 5.74) is -0.896. The van der Waals surface area contributed by atoms with Crippen LogP contribution in [0.2, 0.25) is 0 Å². The highest BCUT2D eigenvalue weighted by molar-refractivity contribution is 5.99. The van der Waals surface area contributed by atoms with Gasteiger partial charge in [-0.25, -0.2) is 4.79 Å². The Balaban J connectivity index is 2.66. The molecule has 0 saturated carbocycles. The van der Waals surface area contributed by atoms with Crippen LogP contribution in [0.25, 0.3) is 11.1 Å². The molecule has 0 saturated heterocycles. The Bertz CT molecular complexity index is 676. The summed E-state index contributed by atoms with van der Waals surface area (Å²) in [5.74, 6) is -0.464. The first-order valence-corrected chi connectivity index (χ1v) is 6.31. The van der Waals surface area contributed by atoms with Crippen molar-refractivity contribution in [2.24, 2.45) is 0 Å². The van der Waals surface area contributed by atoms with Crippen molar-refractivity contribution in [3.63, 3.8) is 0 Å². The lowest BCUT2D eigenvalue weighted by Gasteiger charge is -2.15. The molecule has 0 aliphatic carbocycles. The second-order valence-corrected chi connectivity index (χ2v) is 4.45. The van der Waals surface area contributed by atoms with Crippen molar-refractivity contribution in [1.29, 1.82) is 0 Å². The normalized spacial score (nSPS) is 11.1. The first-order chi connectivity index (χ1) is 10.4. The Morgan fingerprint density at radius 2 is 1.64 bits per heavy atom. The van der Waals surface area contributed by atoms with E-state index in [-0.39, 0.29) is 5.56 Å². The Hall–Kier alpha value is -2.50. The van der Waals surface area contributed by atoms with Crippen molar-refractivity contribution < 1.29 is 27.4 Å². The van der Waals surface area contributed by atoms with E-state index in [0.717, 1.165) is 13.2 Å². The van der Waals surface area contributed by atoms with Crippen LogP contribution in [0.4, 0.5) is 13.2 Å². The van der Waals surface area contributed by atoms with E-state index in [1.165, 1.54) is 19.2 Å². The second kappa shape index (κ2) is 6.09. The summed E-state index contributed by atoms with van der Waals surface area (Å²) in [4.78, 5) is 11.9. The molecule has 2 aromatic carbocycles. The van der Waals surface area contributed by atoms with Gasteiger partial charge in [0.25, 0.3) is 0 Å². The highest BCUT2D eigenvalue weighted by Gasteiger charge is 2.37. The molecule has 0 aromatic heterocycles. The topological polar surface area (TPSA) is 35.5 Å². The average Bonchev–Trinajstić information content (AvgIpc) is 2.52. The van der Waals surface area contributed by atoms with Crippen LogP contribution >= 0.6 is 0 Å². The van der Waals surface area contributed by atoms with Crippen LogP contribution in [0.5, 0.6) is 5.75 Å². The van der Waals surface area contributed by atoms with E-state index < -0.39 is 23.3 Å². The second-order valence-electron chi connectivity index (χ2n) is 4.45. The first kappa shape index (κ1) is 15.9. The van der Waals surface area contributed by atoms with E-state index >= 15 is 0 Å². The molecule has 0 heterocycles. The number of benzene rings is 2. The van der Waals surface area contributed by atoms with Gasteiger partial charge in [-0.05, 0) is 29.3 Å². The van der Waals surface area contributed by atoms with E-state index in [4.69, 9.17) is 4.74 Å². The predicted molar refractivity (Wildman–Crippen MR) is 74.8 cm³/mol. The smallest absolute Gasteiger partial charge is 0.417 e. The lowest BCUT2D eigenvalue weighted by atomic mass is 9.95. The fourth-order valence-electron chi connectivity index (χ4n) is 2.12. The maximum Gasteiger partial charge on any atom is 0.417 e. The molecule has 2 rings (SSSR count). The number of alkyl halides is 3. The van der Waals surface area contributed by atoms with Gasteiger partial charge >= 0.3 is 12.1 Å². The fourth-order valence-corrected chi connectivity index (χ4v) is 2.12. The quantitative estimate of drug-likeness (QED) is 0.798. The number of carbonyl (C=O) groups excluding carboxylic acids is 1. The minimum absolute atomic E-state index is 0.157.